The van der Waals surface area contributed by atoms with E-state index >= 15 is 0 Å². The van der Waals surface area contributed by atoms with E-state index in [1.807, 2.05) is 0 Å². The first-order valence-electron chi connectivity index (χ1n) is 10.1. The number of hydrogen-bond acceptors (Lipinski definition) is 5. The number of halogens is 1. The van der Waals surface area contributed by atoms with E-state index in [-0.39, 0.29) is 43.2 Å². The Morgan fingerprint density at radius 1 is 1.22 bits per heavy atom. The second-order valence-electron chi connectivity index (χ2n) is 7.41. The molecule has 2 aromatic carbocycles. The molecule has 0 spiro atoms. The number of rotatable bonds is 6. The van der Waals surface area contributed by atoms with Crippen LogP contribution in [-0.4, -0.2) is 49.4 Å². The predicted octanol–water partition coefficient (Wildman–Crippen LogP) is 2.69. The number of piperazine rings is 1. The Kier molecular flexibility index (Phi) is 6.48. The van der Waals surface area contributed by atoms with Gasteiger partial charge in [0.15, 0.2) is 0 Å². The van der Waals surface area contributed by atoms with E-state index in [1.165, 1.54) is 29.4 Å². The van der Waals surface area contributed by atoms with E-state index in [0.717, 1.165) is 5.56 Å². The van der Waals surface area contributed by atoms with Crippen molar-refractivity contribution in [3.63, 3.8) is 0 Å². The molecule has 1 fully saturated rings. The predicted molar refractivity (Wildman–Crippen MR) is 119 cm³/mol. The highest BCUT2D eigenvalue weighted by Crippen LogP contribution is 2.33. The Morgan fingerprint density at radius 2 is 2.00 bits per heavy atom. The Morgan fingerprint density at radius 3 is 2.72 bits per heavy atom. The maximum absolute atomic E-state index is 14.3. The summed E-state index contributed by atoms with van der Waals surface area (Å²) in [7, 11) is 1.51. The van der Waals surface area contributed by atoms with Crippen molar-refractivity contribution in [3.8, 4) is 0 Å². The van der Waals surface area contributed by atoms with Crippen LogP contribution in [0.3, 0.4) is 0 Å². The maximum atomic E-state index is 14.3. The summed E-state index contributed by atoms with van der Waals surface area (Å²) in [6.45, 7) is 1.36. The molecule has 1 saturated heterocycles. The standard InChI is InChI=1S/C23H22FN3O4S/c1-31-13-16-20-17(24)3-2-4-18(20)32-21(16)22(29)26-11-14-5-7-15(8-6-14)23(30)27-10-9-25-19(28)12-27/h2-8H,9-13H2,1H3,(H,25,28)(H,26,29). The fourth-order valence-electron chi connectivity index (χ4n) is 3.66. The largest absolute Gasteiger partial charge is 0.380 e. The number of nitrogens with zero attached hydrogens (tertiary/aromatic N) is 1. The molecule has 3 amide bonds. The highest BCUT2D eigenvalue weighted by atomic mass is 32.1. The number of nitrogens with one attached hydrogen (secondary N) is 2. The molecule has 0 bridgehead atoms. The summed E-state index contributed by atoms with van der Waals surface area (Å²) in [5.74, 6) is -1.06. The van der Waals surface area contributed by atoms with Gasteiger partial charge >= 0.3 is 0 Å². The van der Waals surface area contributed by atoms with Crippen molar-refractivity contribution in [1.29, 1.82) is 0 Å². The molecule has 0 atom stereocenters. The van der Waals surface area contributed by atoms with Crippen molar-refractivity contribution in [3.05, 3.63) is 69.8 Å². The molecule has 1 aliphatic heterocycles. The van der Waals surface area contributed by atoms with Gasteiger partial charge < -0.3 is 20.3 Å². The maximum Gasteiger partial charge on any atom is 0.262 e. The van der Waals surface area contributed by atoms with E-state index < -0.39 is 0 Å². The van der Waals surface area contributed by atoms with Crippen LogP contribution in [0.15, 0.2) is 42.5 Å². The minimum absolute atomic E-state index is 0.0518. The molecule has 1 aromatic heterocycles. The van der Waals surface area contributed by atoms with Gasteiger partial charge in [-0.05, 0) is 29.8 Å². The molecule has 4 rings (SSSR count). The zero-order valence-corrected chi connectivity index (χ0v) is 18.3. The van der Waals surface area contributed by atoms with E-state index in [1.54, 1.807) is 36.4 Å². The van der Waals surface area contributed by atoms with Crippen LogP contribution in [-0.2, 0) is 22.7 Å². The first-order valence-corrected chi connectivity index (χ1v) is 10.9. The molecule has 0 saturated carbocycles. The van der Waals surface area contributed by atoms with Gasteiger partial charge in [-0.3, -0.25) is 14.4 Å². The van der Waals surface area contributed by atoms with Crippen molar-refractivity contribution in [2.24, 2.45) is 0 Å². The Bertz CT molecular complexity index is 1180. The topological polar surface area (TPSA) is 87.7 Å². The summed E-state index contributed by atoms with van der Waals surface area (Å²) in [5.41, 5.74) is 1.83. The third-order valence-corrected chi connectivity index (χ3v) is 6.43. The van der Waals surface area contributed by atoms with Gasteiger partial charge in [0.2, 0.25) is 5.91 Å². The van der Waals surface area contributed by atoms with Crippen molar-refractivity contribution in [2.75, 3.05) is 26.7 Å². The van der Waals surface area contributed by atoms with Crippen molar-refractivity contribution in [2.45, 2.75) is 13.2 Å². The van der Waals surface area contributed by atoms with Crippen LogP contribution in [0.1, 0.15) is 31.2 Å². The van der Waals surface area contributed by atoms with Crippen LogP contribution in [0.25, 0.3) is 10.1 Å². The monoisotopic (exact) mass is 455 g/mol. The lowest BCUT2D eigenvalue weighted by molar-refractivity contribution is -0.123. The van der Waals surface area contributed by atoms with Crippen LogP contribution in [0, 0.1) is 5.82 Å². The quantitative estimate of drug-likeness (QED) is 0.598. The fourth-order valence-corrected chi connectivity index (χ4v) is 4.79. The lowest BCUT2D eigenvalue weighted by atomic mass is 10.1. The van der Waals surface area contributed by atoms with Crippen LogP contribution < -0.4 is 10.6 Å². The number of thiophene rings is 1. The van der Waals surface area contributed by atoms with E-state index in [0.29, 0.717) is 39.2 Å². The summed E-state index contributed by atoms with van der Waals surface area (Å²) < 4.78 is 20.2. The second-order valence-corrected chi connectivity index (χ2v) is 8.46. The van der Waals surface area contributed by atoms with E-state index in [4.69, 9.17) is 4.74 Å². The zero-order valence-electron chi connectivity index (χ0n) is 17.4. The molecule has 0 aliphatic carbocycles. The SMILES string of the molecule is COCc1c(C(=O)NCc2ccc(C(=O)N3CCNC(=O)C3)cc2)sc2cccc(F)c12. The number of fused-ring (bicyclic) bond motifs is 1. The summed E-state index contributed by atoms with van der Waals surface area (Å²) in [6, 6.07) is 11.7. The summed E-state index contributed by atoms with van der Waals surface area (Å²) in [4.78, 5) is 38.8. The average Bonchev–Trinajstić information content (AvgIpc) is 3.17. The minimum atomic E-state index is -0.378. The molecule has 1 aliphatic rings. The molecule has 0 unspecified atom stereocenters. The van der Waals surface area contributed by atoms with Crippen LogP contribution in [0.2, 0.25) is 0 Å². The lowest BCUT2D eigenvalue weighted by Gasteiger charge is -2.26. The summed E-state index contributed by atoms with van der Waals surface area (Å²) in [5, 5.41) is 5.96. The molecule has 166 valence electrons. The fraction of sp³-hybridized carbons (Fsp3) is 0.261. The number of carbonyl (C=O) groups excluding carboxylic acids is 3. The summed E-state index contributed by atoms with van der Waals surface area (Å²) >= 11 is 1.23. The van der Waals surface area contributed by atoms with E-state index in [9.17, 15) is 18.8 Å². The third kappa shape index (κ3) is 4.49. The molecule has 2 N–H and O–H groups in total. The first-order chi connectivity index (χ1) is 15.5. The molecular formula is C23H22FN3O4S. The van der Waals surface area contributed by atoms with Crippen molar-refractivity contribution >= 4 is 39.1 Å². The van der Waals surface area contributed by atoms with Gasteiger partial charge in [0.05, 0.1) is 18.0 Å². The van der Waals surface area contributed by atoms with Gasteiger partial charge in [-0.2, -0.15) is 0 Å². The number of ether oxygens (including phenoxy) is 1. The van der Waals surface area contributed by atoms with Crippen molar-refractivity contribution < 1.29 is 23.5 Å². The molecule has 0 radical (unpaired) electrons. The normalized spacial score (nSPS) is 13.8. The van der Waals surface area contributed by atoms with Gasteiger partial charge in [0.25, 0.3) is 11.8 Å². The van der Waals surface area contributed by atoms with Crippen LogP contribution >= 0.6 is 11.3 Å². The second kappa shape index (κ2) is 9.46. The van der Waals surface area contributed by atoms with Crippen LogP contribution in [0.4, 0.5) is 4.39 Å². The van der Waals surface area contributed by atoms with Gasteiger partial charge in [0.1, 0.15) is 5.82 Å². The number of carbonyl (C=O) groups is 3. The highest BCUT2D eigenvalue weighted by molar-refractivity contribution is 7.21. The molecule has 2 heterocycles. The highest BCUT2D eigenvalue weighted by Gasteiger charge is 2.23. The Labute approximate surface area is 188 Å². The lowest BCUT2D eigenvalue weighted by Crippen LogP contribution is -2.49. The third-order valence-electron chi connectivity index (χ3n) is 5.24. The Balaban J connectivity index is 1.44. The van der Waals surface area contributed by atoms with Crippen LogP contribution in [0.5, 0.6) is 0 Å². The number of methoxy groups -OCH3 is 1. The molecule has 32 heavy (non-hydrogen) atoms. The minimum Gasteiger partial charge on any atom is -0.380 e. The van der Waals surface area contributed by atoms with Crippen molar-refractivity contribution in [1.82, 2.24) is 15.5 Å². The number of benzene rings is 2. The van der Waals surface area contributed by atoms with Gasteiger partial charge in [-0.15, -0.1) is 11.3 Å². The Hall–Kier alpha value is -3.30. The average molecular weight is 456 g/mol. The van der Waals surface area contributed by atoms with E-state index in [2.05, 4.69) is 10.6 Å². The first kappa shape index (κ1) is 21.9. The smallest absolute Gasteiger partial charge is 0.262 e. The molecule has 7 nitrogen and oxygen atoms in total. The van der Waals surface area contributed by atoms with Gasteiger partial charge in [-0.1, -0.05) is 18.2 Å². The number of hydrogen-bond donors (Lipinski definition) is 2. The van der Waals surface area contributed by atoms with Gasteiger partial charge in [0, 0.05) is 48.0 Å². The molecule has 9 heteroatoms. The molecule has 3 aromatic rings. The van der Waals surface area contributed by atoms with Gasteiger partial charge in [-0.25, -0.2) is 4.39 Å². The summed E-state index contributed by atoms with van der Waals surface area (Å²) in [6.07, 6.45) is 0. The zero-order chi connectivity index (χ0) is 22.7. The molecular weight excluding hydrogens is 433 g/mol. The number of amides is 3.